The van der Waals surface area contributed by atoms with E-state index in [1.54, 1.807) is 0 Å². The predicted octanol–water partition coefficient (Wildman–Crippen LogP) is 4.04. The zero-order chi connectivity index (χ0) is 12.7. The van der Waals surface area contributed by atoms with Gasteiger partial charge in [-0.2, -0.15) is 0 Å². The first-order valence-electron chi connectivity index (χ1n) is 5.24. The Bertz CT molecular complexity index is 388. The lowest BCUT2D eigenvalue weighted by Gasteiger charge is -2.04. The van der Waals surface area contributed by atoms with Crippen molar-refractivity contribution in [2.24, 2.45) is 0 Å². The topological polar surface area (TPSA) is 39.2 Å². The number of unbranched alkanes of at least 4 members (excludes halogenated alkanes) is 1. The molecule has 0 aliphatic carbocycles. The molecule has 1 aromatic heterocycles. The average molecular weight is 383 g/mol. The van der Waals surface area contributed by atoms with Gasteiger partial charge in [0.25, 0.3) is 0 Å². The number of esters is 1. The van der Waals surface area contributed by atoms with E-state index in [1.807, 2.05) is 12.1 Å². The summed E-state index contributed by atoms with van der Waals surface area (Å²) in [5.41, 5.74) is 0. The second kappa shape index (κ2) is 8.11. The molecule has 0 bridgehead atoms. The predicted molar refractivity (Wildman–Crippen MR) is 76.2 cm³/mol. The van der Waals surface area contributed by atoms with Crippen LogP contribution in [0, 0.1) is 0 Å². The number of carbonyl (C=O) groups excluding carboxylic acids is 1. The molecule has 3 nitrogen and oxygen atoms in total. The molecule has 0 atom stereocenters. The van der Waals surface area contributed by atoms with E-state index in [0.717, 1.165) is 26.9 Å². The first-order chi connectivity index (χ1) is 8.13. The third-order valence-electron chi connectivity index (χ3n) is 1.88. The van der Waals surface area contributed by atoms with Gasteiger partial charge in [-0.3, -0.25) is 4.79 Å². The van der Waals surface area contributed by atoms with Gasteiger partial charge in [-0.25, -0.2) is 4.98 Å². The van der Waals surface area contributed by atoms with Gasteiger partial charge in [0.05, 0.1) is 21.9 Å². The third-order valence-corrected chi connectivity index (χ3v) is 4.56. The van der Waals surface area contributed by atoms with Gasteiger partial charge in [-0.1, -0.05) is 25.1 Å². The maximum Gasteiger partial charge on any atom is 0.316 e. The second-order valence-electron chi connectivity index (χ2n) is 3.28. The molecule has 0 radical (unpaired) electrons. The first kappa shape index (κ1) is 15.0. The summed E-state index contributed by atoms with van der Waals surface area (Å²) in [6.07, 6.45) is 1.94. The number of aromatic nitrogens is 1. The molecular weight excluding hydrogens is 370 g/mol. The molecule has 94 valence electrons. The van der Waals surface area contributed by atoms with Crippen LogP contribution in [0.4, 0.5) is 0 Å². The van der Waals surface area contributed by atoms with E-state index in [4.69, 9.17) is 4.74 Å². The van der Waals surface area contributed by atoms with Crippen molar-refractivity contribution in [1.29, 1.82) is 0 Å². The van der Waals surface area contributed by atoms with Crippen molar-refractivity contribution < 1.29 is 9.53 Å². The molecule has 0 unspecified atom stereocenters. The van der Waals surface area contributed by atoms with Crippen molar-refractivity contribution in [2.45, 2.75) is 24.8 Å². The Morgan fingerprint density at radius 1 is 1.47 bits per heavy atom. The number of hydrogen-bond acceptors (Lipinski definition) is 4. The van der Waals surface area contributed by atoms with E-state index in [9.17, 15) is 4.79 Å². The van der Waals surface area contributed by atoms with Crippen molar-refractivity contribution in [1.82, 2.24) is 4.98 Å². The normalized spacial score (nSPS) is 10.3. The van der Waals surface area contributed by atoms with Crippen LogP contribution in [-0.4, -0.2) is 23.3 Å². The number of pyridine rings is 1. The fraction of sp³-hybridized carbons (Fsp3) is 0.455. The zero-order valence-corrected chi connectivity index (χ0v) is 13.4. The average Bonchev–Trinajstić information content (AvgIpc) is 2.31. The highest BCUT2D eigenvalue weighted by molar-refractivity contribution is 9.13. The van der Waals surface area contributed by atoms with Gasteiger partial charge in [-0.05, 0) is 50.4 Å². The van der Waals surface area contributed by atoms with E-state index in [2.05, 4.69) is 43.8 Å². The summed E-state index contributed by atoms with van der Waals surface area (Å²) < 4.78 is 6.68. The molecule has 1 heterocycles. The fourth-order valence-corrected chi connectivity index (χ4v) is 2.32. The standard InChI is InChI=1S/C11H13Br2NO2S/c1-2-3-6-16-10(15)7-17-9-5-4-8(12)11(13)14-9/h4-5H,2-3,6-7H2,1H3. The fourth-order valence-electron chi connectivity index (χ4n) is 0.986. The summed E-state index contributed by atoms with van der Waals surface area (Å²) in [5, 5.41) is 0.799. The molecule has 0 saturated heterocycles. The van der Waals surface area contributed by atoms with Crippen molar-refractivity contribution in [3.8, 4) is 0 Å². The van der Waals surface area contributed by atoms with Crippen molar-refractivity contribution in [2.75, 3.05) is 12.4 Å². The first-order valence-corrected chi connectivity index (χ1v) is 7.81. The molecule has 0 saturated carbocycles. The summed E-state index contributed by atoms with van der Waals surface area (Å²) in [5.74, 6) is 0.106. The maximum absolute atomic E-state index is 11.4. The lowest BCUT2D eigenvalue weighted by atomic mass is 10.4. The smallest absolute Gasteiger partial charge is 0.316 e. The lowest BCUT2D eigenvalue weighted by Crippen LogP contribution is -2.08. The number of ether oxygens (including phenoxy) is 1. The maximum atomic E-state index is 11.4. The van der Waals surface area contributed by atoms with Crippen molar-refractivity contribution in [3.05, 3.63) is 21.2 Å². The molecule has 0 spiro atoms. The van der Waals surface area contributed by atoms with Crippen LogP contribution in [-0.2, 0) is 9.53 Å². The Balaban J connectivity index is 2.34. The van der Waals surface area contributed by atoms with Gasteiger partial charge in [-0.15, -0.1) is 0 Å². The molecule has 0 aromatic carbocycles. The summed E-state index contributed by atoms with van der Waals surface area (Å²) in [6, 6.07) is 3.75. The molecule has 1 aromatic rings. The van der Waals surface area contributed by atoms with Gasteiger partial charge in [0.2, 0.25) is 0 Å². The molecule has 0 N–H and O–H groups in total. The van der Waals surface area contributed by atoms with Crippen LogP contribution in [0.2, 0.25) is 0 Å². The Morgan fingerprint density at radius 2 is 2.24 bits per heavy atom. The molecule has 6 heteroatoms. The van der Waals surface area contributed by atoms with Crippen molar-refractivity contribution >= 4 is 49.6 Å². The Kier molecular flexibility index (Phi) is 7.15. The molecular formula is C11H13Br2NO2S. The van der Waals surface area contributed by atoms with Gasteiger partial charge in [0.15, 0.2) is 0 Å². The summed E-state index contributed by atoms with van der Waals surface area (Å²) in [6.45, 7) is 2.57. The Morgan fingerprint density at radius 3 is 2.88 bits per heavy atom. The third kappa shape index (κ3) is 5.88. The quantitative estimate of drug-likeness (QED) is 0.322. The number of thioether (sulfide) groups is 1. The monoisotopic (exact) mass is 381 g/mol. The van der Waals surface area contributed by atoms with Crippen LogP contribution in [0.25, 0.3) is 0 Å². The largest absolute Gasteiger partial charge is 0.465 e. The number of halogens is 2. The van der Waals surface area contributed by atoms with Gasteiger partial charge < -0.3 is 4.74 Å². The Hall–Kier alpha value is -0.0700. The van der Waals surface area contributed by atoms with E-state index in [-0.39, 0.29) is 5.97 Å². The van der Waals surface area contributed by atoms with E-state index >= 15 is 0 Å². The highest BCUT2D eigenvalue weighted by Gasteiger charge is 2.06. The second-order valence-corrected chi connectivity index (χ2v) is 5.89. The highest BCUT2D eigenvalue weighted by atomic mass is 79.9. The zero-order valence-electron chi connectivity index (χ0n) is 9.41. The minimum absolute atomic E-state index is 0.190. The highest BCUT2D eigenvalue weighted by Crippen LogP contribution is 2.24. The van der Waals surface area contributed by atoms with Crippen LogP contribution in [0.5, 0.6) is 0 Å². The molecule has 1 rings (SSSR count). The van der Waals surface area contributed by atoms with Gasteiger partial charge in [0, 0.05) is 0 Å². The van der Waals surface area contributed by atoms with E-state index in [0.29, 0.717) is 12.4 Å². The van der Waals surface area contributed by atoms with Crippen molar-refractivity contribution in [3.63, 3.8) is 0 Å². The number of rotatable bonds is 6. The SMILES string of the molecule is CCCCOC(=O)CSc1ccc(Br)c(Br)n1. The van der Waals surface area contributed by atoms with Gasteiger partial charge in [0.1, 0.15) is 4.60 Å². The van der Waals surface area contributed by atoms with Crippen LogP contribution in [0.1, 0.15) is 19.8 Å². The number of nitrogens with zero attached hydrogens (tertiary/aromatic N) is 1. The van der Waals surface area contributed by atoms with Crippen LogP contribution < -0.4 is 0 Å². The summed E-state index contributed by atoms with van der Waals surface area (Å²) >= 11 is 8.03. The summed E-state index contributed by atoms with van der Waals surface area (Å²) in [4.78, 5) is 15.6. The van der Waals surface area contributed by atoms with Crippen LogP contribution in [0.3, 0.4) is 0 Å². The Labute approximate surface area is 122 Å². The van der Waals surface area contributed by atoms with E-state index < -0.39 is 0 Å². The molecule has 0 aliphatic heterocycles. The molecule has 0 amide bonds. The summed E-state index contributed by atoms with van der Waals surface area (Å²) in [7, 11) is 0. The van der Waals surface area contributed by atoms with E-state index in [1.165, 1.54) is 11.8 Å². The molecule has 17 heavy (non-hydrogen) atoms. The van der Waals surface area contributed by atoms with Crippen LogP contribution >= 0.6 is 43.6 Å². The molecule has 0 aliphatic rings. The lowest BCUT2D eigenvalue weighted by molar-refractivity contribution is -0.140. The number of hydrogen-bond donors (Lipinski definition) is 0. The minimum atomic E-state index is -0.190. The van der Waals surface area contributed by atoms with Gasteiger partial charge >= 0.3 is 5.97 Å². The number of carbonyl (C=O) groups is 1. The minimum Gasteiger partial charge on any atom is -0.465 e. The van der Waals surface area contributed by atoms with Crippen LogP contribution in [0.15, 0.2) is 26.2 Å². The molecule has 0 fully saturated rings.